The van der Waals surface area contributed by atoms with E-state index in [2.05, 4.69) is 4.90 Å². The summed E-state index contributed by atoms with van der Waals surface area (Å²) in [6.07, 6.45) is 1.62. The molecule has 0 spiro atoms. The first-order valence-corrected chi connectivity index (χ1v) is 15.4. The third kappa shape index (κ3) is 6.41. The number of aromatic nitrogens is 1. The van der Waals surface area contributed by atoms with Crippen molar-refractivity contribution in [3.05, 3.63) is 48.3 Å². The Balaban J connectivity index is 1.30. The Morgan fingerprint density at radius 1 is 1.13 bits per heavy atom. The average Bonchev–Trinajstić information content (AvgIpc) is 3.39. The van der Waals surface area contributed by atoms with Crippen LogP contribution in [0.25, 0.3) is 10.2 Å². The number of anilines is 1. The van der Waals surface area contributed by atoms with Crippen molar-refractivity contribution < 1.29 is 27.1 Å². The van der Waals surface area contributed by atoms with Gasteiger partial charge in [0.2, 0.25) is 15.9 Å². The molecule has 9 nitrogen and oxygen atoms in total. The van der Waals surface area contributed by atoms with Crippen LogP contribution in [0.15, 0.2) is 47.4 Å². The molecule has 3 aromatic rings. The molecule has 0 saturated carbocycles. The largest absolute Gasteiger partial charge is 0.497 e. The second kappa shape index (κ2) is 12.3. The van der Waals surface area contributed by atoms with Crippen molar-refractivity contribution in [2.75, 3.05) is 64.5 Å². The first-order chi connectivity index (χ1) is 18.8. The van der Waals surface area contributed by atoms with Crippen molar-refractivity contribution in [2.45, 2.75) is 24.2 Å². The maximum Gasteiger partial charge on any atom is 0.243 e. The summed E-state index contributed by atoms with van der Waals surface area (Å²) in [5.41, 5.74) is 0.778. The number of carbonyl (C=O) groups is 1. The third-order valence-electron chi connectivity index (χ3n) is 7.29. The number of piperidine rings is 1. The molecule has 0 atom stereocenters. The van der Waals surface area contributed by atoms with Gasteiger partial charge >= 0.3 is 0 Å². The lowest BCUT2D eigenvalue weighted by Gasteiger charge is -2.33. The third-order valence-corrected chi connectivity index (χ3v) is 10.3. The zero-order valence-electron chi connectivity index (χ0n) is 21.9. The van der Waals surface area contributed by atoms with Gasteiger partial charge in [-0.2, -0.15) is 4.31 Å². The van der Waals surface area contributed by atoms with Gasteiger partial charge < -0.3 is 9.47 Å². The van der Waals surface area contributed by atoms with E-state index in [-0.39, 0.29) is 29.8 Å². The monoisotopic (exact) mass is 576 g/mol. The van der Waals surface area contributed by atoms with Gasteiger partial charge in [-0.15, -0.1) is 0 Å². The molecule has 2 aromatic carbocycles. The summed E-state index contributed by atoms with van der Waals surface area (Å²) >= 11 is 1.47. The van der Waals surface area contributed by atoms with E-state index in [0.717, 1.165) is 61.6 Å². The van der Waals surface area contributed by atoms with Crippen LogP contribution < -0.4 is 9.64 Å². The van der Waals surface area contributed by atoms with Gasteiger partial charge in [0.1, 0.15) is 11.6 Å². The van der Waals surface area contributed by atoms with Crippen molar-refractivity contribution in [3.63, 3.8) is 0 Å². The fraction of sp³-hybridized carbons (Fsp3) is 0.481. The van der Waals surface area contributed by atoms with Crippen molar-refractivity contribution in [2.24, 2.45) is 5.92 Å². The van der Waals surface area contributed by atoms with Crippen LogP contribution in [0, 0.1) is 11.7 Å². The molecule has 0 radical (unpaired) electrons. The quantitative estimate of drug-likeness (QED) is 0.384. The van der Waals surface area contributed by atoms with E-state index in [4.69, 9.17) is 14.5 Å². The Kier molecular flexibility index (Phi) is 8.77. The molecule has 1 aromatic heterocycles. The van der Waals surface area contributed by atoms with E-state index >= 15 is 0 Å². The maximum atomic E-state index is 13.9. The highest BCUT2D eigenvalue weighted by Gasteiger charge is 2.35. The van der Waals surface area contributed by atoms with Crippen LogP contribution in [0.4, 0.5) is 9.52 Å². The topological polar surface area (TPSA) is 92.3 Å². The van der Waals surface area contributed by atoms with Crippen molar-refractivity contribution in [1.82, 2.24) is 14.2 Å². The number of benzene rings is 2. The molecule has 3 heterocycles. The molecule has 2 aliphatic heterocycles. The molecule has 2 aliphatic rings. The molecule has 2 saturated heterocycles. The van der Waals surface area contributed by atoms with Crippen LogP contribution in [0.1, 0.15) is 19.3 Å². The molecule has 0 unspecified atom stereocenters. The average molecular weight is 577 g/mol. The van der Waals surface area contributed by atoms with Crippen molar-refractivity contribution in [1.29, 1.82) is 0 Å². The zero-order chi connectivity index (χ0) is 27.4. The first kappa shape index (κ1) is 27.9. The normalized spacial score (nSPS) is 17.9. The van der Waals surface area contributed by atoms with Gasteiger partial charge in [-0.05, 0) is 55.7 Å². The summed E-state index contributed by atoms with van der Waals surface area (Å²) in [5.74, 6) is -0.115. The number of fused-ring (bicyclic) bond motifs is 1. The van der Waals surface area contributed by atoms with Gasteiger partial charge in [0.25, 0.3) is 0 Å². The van der Waals surface area contributed by atoms with Crippen molar-refractivity contribution in [3.8, 4) is 5.75 Å². The molecule has 5 rings (SSSR count). The van der Waals surface area contributed by atoms with E-state index in [1.54, 1.807) is 12.0 Å². The van der Waals surface area contributed by atoms with Crippen LogP contribution in [-0.4, -0.2) is 88.1 Å². The molecule has 1 amide bonds. The number of amides is 1. The summed E-state index contributed by atoms with van der Waals surface area (Å²) in [5, 5.41) is 0.645. The van der Waals surface area contributed by atoms with Gasteiger partial charge in [-0.3, -0.25) is 14.6 Å². The summed E-state index contributed by atoms with van der Waals surface area (Å²) in [6.45, 7) is 5.07. The lowest BCUT2D eigenvalue weighted by molar-refractivity contribution is -0.123. The predicted octanol–water partition coefficient (Wildman–Crippen LogP) is 3.60. The summed E-state index contributed by atoms with van der Waals surface area (Å²) < 4.78 is 52.5. The number of thiazole rings is 1. The first-order valence-electron chi connectivity index (χ1n) is 13.2. The Morgan fingerprint density at radius 2 is 1.85 bits per heavy atom. The molecule has 0 bridgehead atoms. The SMILES string of the molecule is COc1ccc2sc(N(CCCN3CCOCC3)C(=O)C3CCN(S(=O)(=O)c4ccc(F)cc4)CC3)nc2c1. The number of carbonyl (C=O) groups excluding carboxylic acids is 1. The van der Waals surface area contributed by atoms with Crippen LogP contribution >= 0.6 is 11.3 Å². The Hall–Kier alpha value is -2.64. The number of ether oxygens (including phenoxy) is 2. The second-order valence-electron chi connectivity index (χ2n) is 9.76. The summed E-state index contributed by atoms with van der Waals surface area (Å²) in [6, 6.07) is 10.5. The Labute approximate surface area is 232 Å². The molecular weight excluding hydrogens is 543 g/mol. The minimum absolute atomic E-state index is 0.0261. The van der Waals surface area contributed by atoms with Gasteiger partial charge in [-0.1, -0.05) is 11.3 Å². The number of hydrogen-bond donors (Lipinski definition) is 0. The molecule has 39 heavy (non-hydrogen) atoms. The number of methoxy groups -OCH3 is 1. The number of hydrogen-bond acceptors (Lipinski definition) is 8. The lowest BCUT2D eigenvalue weighted by Crippen LogP contribution is -2.45. The maximum absolute atomic E-state index is 13.9. The zero-order valence-corrected chi connectivity index (χ0v) is 23.6. The van der Waals surface area contributed by atoms with E-state index in [0.29, 0.717) is 30.3 Å². The van der Waals surface area contributed by atoms with Crippen LogP contribution in [0.3, 0.4) is 0 Å². The fourth-order valence-electron chi connectivity index (χ4n) is 5.03. The number of sulfonamides is 1. The van der Waals surface area contributed by atoms with Gasteiger partial charge in [0.15, 0.2) is 5.13 Å². The Bertz CT molecular complexity index is 1380. The second-order valence-corrected chi connectivity index (χ2v) is 12.7. The smallest absolute Gasteiger partial charge is 0.243 e. The predicted molar refractivity (Wildman–Crippen MR) is 148 cm³/mol. The highest BCUT2D eigenvalue weighted by atomic mass is 32.2. The molecule has 2 fully saturated rings. The minimum atomic E-state index is -3.75. The molecular formula is C27H33FN4O5S2. The highest BCUT2D eigenvalue weighted by molar-refractivity contribution is 7.89. The minimum Gasteiger partial charge on any atom is -0.497 e. The summed E-state index contributed by atoms with van der Waals surface area (Å²) in [7, 11) is -2.14. The number of halogens is 1. The number of morpholine rings is 1. The van der Waals surface area contributed by atoms with Gasteiger partial charge in [0.05, 0.1) is 35.4 Å². The number of nitrogens with zero attached hydrogens (tertiary/aromatic N) is 4. The highest BCUT2D eigenvalue weighted by Crippen LogP contribution is 2.33. The van der Waals surface area contributed by atoms with Crippen LogP contribution in [0.5, 0.6) is 5.75 Å². The van der Waals surface area contributed by atoms with Gasteiger partial charge in [-0.25, -0.2) is 17.8 Å². The van der Waals surface area contributed by atoms with Crippen LogP contribution in [0.2, 0.25) is 0 Å². The standard InChI is InChI=1S/C27H33FN4O5S2/c1-36-22-5-8-25-24(19-22)29-27(38-25)32(12-2-11-30-15-17-37-18-16-30)26(33)20-9-13-31(14-10-20)39(34,35)23-6-3-21(28)4-7-23/h3-8,19-20H,2,9-18H2,1H3. The molecule has 210 valence electrons. The fourth-order valence-corrected chi connectivity index (χ4v) is 7.48. The Morgan fingerprint density at radius 3 is 2.54 bits per heavy atom. The van der Waals surface area contributed by atoms with Crippen LogP contribution in [-0.2, 0) is 19.6 Å². The van der Waals surface area contributed by atoms with E-state index < -0.39 is 15.8 Å². The molecule has 0 N–H and O–H groups in total. The van der Waals surface area contributed by atoms with E-state index in [1.165, 1.54) is 27.8 Å². The van der Waals surface area contributed by atoms with Gasteiger partial charge in [0, 0.05) is 51.3 Å². The van der Waals surface area contributed by atoms with E-state index in [1.807, 2.05) is 18.2 Å². The lowest BCUT2D eigenvalue weighted by atomic mass is 9.96. The number of rotatable bonds is 9. The summed E-state index contributed by atoms with van der Waals surface area (Å²) in [4.78, 5) is 22.8. The molecule has 0 aliphatic carbocycles. The van der Waals surface area contributed by atoms with Crippen molar-refractivity contribution >= 4 is 42.6 Å². The molecule has 12 heteroatoms. The van der Waals surface area contributed by atoms with E-state index in [9.17, 15) is 17.6 Å².